The van der Waals surface area contributed by atoms with Gasteiger partial charge in [0, 0.05) is 0 Å². The smallest absolute Gasteiger partial charge is 0.0351 e. The van der Waals surface area contributed by atoms with E-state index in [0.717, 1.165) is 5.92 Å². The summed E-state index contributed by atoms with van der Waals surface area (Å²) >= 11 is 0. The van der Waals surface area contributed by atoms with Gasteiger partial charge in [0.2, 0.25) is 0 Å². The van der Waals surface area contributed by atoms with Crippen LogP contribution in [0.15, 0.2) is 12.2 Å². The van der Waals surface area contributed by atoms with E-state index in [0.29, 0.717) is 0 Å². The first-order valence-electron chi connectivity index (χ1n) is 9.88. The van der Waals surface area contributed by atoms with E-state index in [-0.39, 0.29) is 0 Å². The zero-order valence-electron chi connectivity index (χ0n) is 15.3. The average molecular weight is 295 g/mol. The summed E-state index contributed by atoms with van der Waals surface area (Å²) in [4.78, 5) is 0. The zero-order chi connectivity index (χ0) is 15.6. The molecule has 0 unspecified atom stereocenters. The molecule has 0 aliphatic carbocycles. The first-order chi connectivity index (χ1) is 10.3. The zero-order valence-corrected chi connectivity index (χ0v) is 15.3. The summed E-state index contributed by atoms with van der Waals surface area (Å²) in [6.07, 6.45) is 26.1. The Labute approximate surface area is 135 Å². The van der Waals surface area contributed by atoms with E-state index in [1.807, 2.05) is 0 Å². The van der Waals surface area contributed by atoms with Crippen molar-refractivity contribution in [1.82, 2.24) is 0 Å². The molecule has 0 bridgehead atoms. The van der Waals surface area contributed by atoms with E-state index in [2.05, 4.69) is 32.9 Å². The lowest BCUT2D eigenvalue weighted by atomic mass is 10.0. The molecule has 0 heterocycles. The van der Waals surface area contributed by atoms with Crippen molar-refractivity contribution in [2.45, 2.75) is 117 Å². The SMILES string of the molecule is CC=CCCCCCCCCCCCCCCCC(C)C. The molecule has 0 aliphatic heterocycles. The molecule has 0 rings (SSSR count). The van der Waals surface area contributed by atoms with Crippen LogP contribution in [0.2, 0.25) is 0 Å². The Bertz CT molecular complexity index is 202. The van der Waals surface area contributed by atoms with Gasteiger partial charge in [-0.25, -0.2) is 0 Å². The molecule has 0 N–H and O–H groups in total. The van der Waals surface area contributed by atoms with Crippen molar-refractivity contribution >= 4 is 0 Å². The summed E-state index contributed by atoms with van der Waals surface area (Å²) in [5.74, 6) is 0.896. The van der Waals surface area contributed by atoms with E-state index < -0.39 is 0 Å². The normalized spacial score (nSPS) is 11.8. The number of hydrogen-bond acceptors (Lipinski definition) is 0. The number of unbranched alkanes of at least 4 members (excludes halogenated alkanes) is 13. The van der Waals surface area contributed by atoms with Crippen molar-refractivity contribution in [1.29, 1.82) is 0 Å². The predicted molar refractivity (Wildman–Crippen MR) is 98.9 cm³/mol. The second kappa shape index (κ2) is 17.8. The Morgan fingerprint density at radius 2 is 0.952 bits per heavy atom. The molecule has 0 heteroatoms. The van der Waals surface area contributed by atoms with E-state index in [9.17, 15) is 0 Å². The highest BCUT2D eigenvalue weighted by molar-refractivity contribution is 4.76. The molecule has 0 amide bonds. The Kier molecular flexibility index (Phi) is 17.6. The fourth-order valence-corrected chi connectivity index (χ4v) is 2.93. The van der Waals surface area contributed by atoms with Crippen molar-refractivity contribution in [3.05, 3.63) is 12.2 Å². The number of allylic oxidation sites excluding steroid dienone is 2. The molecular weight excluding hydrogens is 252 g/mol. The first kappa shape index (κ1) is 20.7. The highest BCUT2D eigenvalue weighted by atomic mass is 14.0. The maximum absolute atomic E-state index is 2.34. The van der Waals surface area contributed by atoms with Crippen molar-refractivity contribution in [3.8, 4) is 0 Å². The van der Waals surface area contributed by atoms with Crippen molar-refractivity contribution < 1.29 is 0 Å². The minimum Gasteiger partial charge on any atom is -0.0917 e. The average Bonchev–Trinajstić information content (AvgIpc) is 2.46. The molecule has 0 atom stereocenters. The highest BCUT2D eigenvalue weighted by Crippen LogP contribution is 2.14. The van der Waals surface area contributed by atoms with Crippen LogP contribution in [-0.2, 0) is 0 Å². The summed E-state index contributed by atoms with van der Waals surface area (Å²) in [6, 6.07) is 0. The Morgan fingerprint density at radius 1 is 0.571 bits per heavy atom. The molecule has 0 aromatic heterocycles. The van der Waals surface area contributed by atoms with Crippen LogP contribution in [0.4, 0.5) is 0 Å². The quantitative estimate of drug-likeness (QED) is 0.199. The second-order valence-corrected chi connectivity index (χ2v) is 7.14. The summed E-state index contributed by atoms with van der Waals surface area (Å²) in [7, 11) is 0. The lowest BCUT2D eigenvalue weighted by Crippen LogP contribution is -1.87. The lowest BCUT2D eigenvalue weighted by molar-refractivity contribution is 0.503. The molecule has 0 aromatic rings. The summed E-state index contributed by atoms with van der Waals surface area (Å²) < 4.78 is 0. The molecule has 0 aromatic carbocycles. The van der Waals surface area contributed by atoms with E-state index in [4.69, 9.17) is 0 Å². The third kappa shape index (κ3) is 19.7. The highest BCUT2D eigenvalue weighted by Gasteiger charge is 1.95. The largest absolute Gasteiger partial charge is 0.0917 e. The van der Waals surface area contributed by atoms with Crippen molar-refractivity contribution in [2.24, 2.45) is 5.92 Å². The predicted octanol–water partition coefficient (Wildman–Crippen LogP) is 8.07. The van der Waals surface area contributed by atoms with Gasteiger partial charge in [-0.2, -0.15) is 0 Å². The number of rotatable bonds is 16. The second-order valence-electron chi connectivity index (χ2n) is 7.14. The van der Waals surface area contributed by atoms with Gasteiger partial charge in [-0.15, -0.1) is 0 Å². The van der Waals surface area contributed by atoms with Crippen LogP contribution in [-0.4, -0.2) is 0 Å². The van der Waals surface area contributed by atoms with Gasteiger partial charge in [-0.1, -0.05) is 109 Å². The monoisotopic (exact) mass is 294 g/mol. The van der Waals surface area contributed by atoms with Crippen LogP contribution in [0.5, 0.6) is 0 Å². The molecule has 0 saturated carbocycles. The van der Waals surface area contributed by atoms with Crippen LogP contribution in [0.1, 0.15) is 117 Å². The maximum Gasteiger partial charge on any atom is -0.0351 e. The summed E-state index contributed by atoms with van der Waals surface area (Å²) in [6.45, 7) is 6.79. The van der Waals surface area contributed by atoms with Crippen LogP contribution in [0.25, 0.3) is 0 Å². The molecular formula is C21H42. The fraction of sp³-hybridized carbons (Fsp3) is 0.905. The van der Waals surface area contributed by atoms with Gasteiger partial charge < -0.3 is 0 Å². The molecule has 0 nitrogen and oxygen atoms in total. The van der Waals surface area contributed by atoms with E-state index in [1.54, 1.807) is 0 Å². The molecule has 0 spiro atoms. The topological polar surface area (TPSA) is 0 Å². The summed E-state index contributed by atoms with van der Waals surface area (Å²) in [5.41, 5.74) is 0. The summed E-state index contributed by atoms with van der Waals surface area (Å²) in [5, 5.41) is 0. The van der Waals surface area contributed by atoms with E-state index >= 15 is 0 Å². The molecule has 21 heavy (non-hydrogen) atoms. The fourth-order valence-electron chi connectivity index (χ4n) is 2.93. The Hall–Kier alpha value is -0.260. The molecule has 0 aliphatic rings. The first-order valence-corrected chi connectivity index (χ1v) is 9.88. The minimum absolute atomic E-state index is 0.896. The van der Waals surface area contributed by atoms with E-state index in [1.165, 1.54) is 96.3 Å². The molecule has 0 fully saturated rings. The van der Waals surface area contributed by atoms with Gasteiger partial charge in [0.25, 0.3) is 0 Å². The van der Waals surface area contributed by atoms with Gasteiger partial charge in [0.1, 0.15) is 0 Å². The molecule has 0 saturated heterocycles. The standard InChI is InChI=1S/C21H42/c1-4-5-6-7-8-9-10-11-12-13-14-15-16-17-18-19-20-21(2)3/h4-5,21H,6-20H2,1-3H3. The van der Waals surface area contributed by atoms with Gasteiger partial charge >= 0.3 is 0 Å². The van der Waals surface area contributed by atoms with Gasteiger partial charge in [-0.05, 0) is 25.7 Å². The minimum atomic E-state index is 0.896. The Balaban J connectivity index is 2.96. The van der Waals surface area contributed by atoms with Crippen LogP contribution in [0, 0.1) is 5.92 Å². The van der Waals surface area contributed by atoms with Gasteiger partial charge in [0.05, 0.1) is 0 Å². The lowest BCUT2D eigenvalue weighted by Gasteiger charge is -2.04. The third-order valence-electron chi connectivity index (χ3n) is 4.39. The number of hydrogen-bond donors (Lipinski definition) is 0. The van der Waals surface area contributed by atoms with Gasteiger partial charge in [0.15, 0.2) is 0 Å². The van der Waals surface area contributed by atoms with Crippen LogP contribution >= 0.6 is 0 Å². The van der Waals surface area contributed by atoms with Gasteiger partial charge in [-0.3, -0.25) is 0 Å². The molecule has 0 radical (unpaired) electrons. The van der Waals surface area contributed by atoms with Crippen LogP contribution in [0.3, 0.4) is 0 Å². The molecule has 126 valence electrons. The van der Waals surface area contributed by atoms with Crippen LogP contribution < -0.4 is 0 Å². The maximum atomic E-state index is 2.34. The van der Waals surface area contributed by atoms with Crippen molar-refractivity contribution in [3.63, 3.8) is 0 Å². The third-order valence-corrected chi connectivity index (χ3v) is 4.39. The Morgan fingerprint density at radius 3 is 1.33 bits per heavy atom. The van der Waals surface area contributed by atoms with Crippen molar-refractivity contribution in [2.75, 3.05) is 0 Å².